The van der Waals surface area contributed by atoms with Crippen LogP contribution >= 0.6 is 19.6 Å². The third-order valence-corrected chi connectivity index (χ3v) is 0. The summed E-state index contributed by atoms with van der Waals surface area (Å²) in [6.07, 6.45) is 0. The summed E-state index contributed by atoms with van der Waals surface area (Å²) in [6.45, 7) is 0. The minimum absolute atomic E-state index is 0. The van der Waals surface area contributed by atoms with Crippen molar-refractivity contribution in [2.24, 2.45) is 0 Å². The Kier molecular flexibility index (Phi) is 20.4. The molecule has 0 atom stereocenters. The van der Waals surface area contributed by atoms with Crippen molar-refractivity contribution in [2.45, 2.75) is 0 Å². The zero-order valence-corrected chi connectivity index (χ0v) is 6.96. The van der Waals surface area contributed by atoms with Crippen LogP contribution in [0.4, 0.5) is 0 Å². The molecule has 4 heavy (non-hydrogen) atoms. The van der Waals surface area contributed by atoms with E-state index in [1.165, 1.54) is 0 Å². The monoisotopic (exact) mass is 264 g/mol. The zero-order valence-electron chi connectivity index (χ0n) is 1.58. The fourth-order valence-corrected chi connectivity index (χ4v) is 0. The van der Waals surface area contributed by atoms with E-state index in [1.807, 2.05) is 0 Å². The van der Waals surface area contributed by atoms with Crippen molar-refractivity contribution < 1.29 is 34.4 Å². The van der Waals surface area contributed by atoms with Gasteiger partial charge in [0.25, 0.3) is 0 Å². The van der Waals surface area contributed by atoms with Crippen LogP contribution in [0.2, 0.25) is 0 Å². The molecule has 0 aromatic carbocycles. The van der Waals surface area contributed by atoms with Gasteiger partial charge in [0.2, 0.25) is 0 Å². The summed E-state index contributed by atoms with van der Waals surface area (Å²) in [5.74, 6) is 0. The zero-order chi connectivity index (χ0) is 2.71. The maximum absolute atomic E-state index is 4.34. The first-order valence-electron chi connectivity index (χ1n) is 0.333. The number of rotatable bonds is 0. The van der Waals surface area contributed by atoms with Crippen molar-refractivity contribution in [3.8, 4) is 0 Å². The molecule has 0 amide bonds. The molecule has 0 unspecified atom stereocenters. The second-order valence-electron chi connectivity index (χ2n) is 0.0680. The van der Waals surface area contributed by atoms with Crippen LogP contribution in [0.5, 0.6) is 0 Å². The molecule has 0 spiro atoms. The van der Waals surface area contributed by atoms with Crippen LogP contribution in [0, 0.1) is 0 Å². The summed E-state index contributed by atoms with van der Waals surface area (Å²) < 4.78 is 0. The van der Waals surface area contributed by atoms with E-state index in [9.17, 15) is 0 Å². The number of hydrogen-bond acceptors (Lipinski definition) is 2. The van der Waals surface area contributed by atoms with Gasteiger partial charge in [-0.25, -0.2) is 0 Å². The predicted octanol–water partition coefficient (Wildman–Crippen LogP) is 1.29. The molecule has 0 heterocycles. The van der Waals surface area contributed by atoms with Crippen LogP contribution in [0.3, 0.4) is 0 Å². The average Bonchev–Trinajstić information content (AvgIpc) is 0.918. The van der Waals surface area contributed by atoms with E-state index in [4.69, 9.17) is 0 Å². The molecule has 0 aliphatic rings. The summed E-state index contributed by atoms with van der Waals surface area (Å²) in [6, 6.07) is 0. The van der Waals surface area contributed by atoms with Crippen LogP contribution in [0.25, 0.3) is 0 Å². The Hall–Kier alpha value is 1.75. The topological polar surface area (TPSA) is 0 Å². The molecule has 26 valence electrons. The fraction of sp³-hybridized carbons (Fsp3) is 0. The third-order valence-electron chi connectivity index (χ3n) is 0. The van der Waals surface area contributed by atoms with Crippen LogP contribution in [0.1, 0.15) is 0 Å². The first kappa shape index (κ1) is 9.23. The predicted molar refractivity (Wildman–Crippen MR) is 15.2 cm³/mol. The van der Waals surface area contributed by atoms with Crippen LogP contribution in [-0.2, 0) is 34.4 Å². The molecule has 0 bridgehead atoms. The van der Waals surface area contributed by atoms with Crippen LogP contribution < -0.4 is 0 Å². The quantitative estimate of drug-likeness (QED) is 0.603. The Balaban J connectivity index is 0. The minimum atomic E-state index is -0.363. The summed E-state index contributed by atoms with van der Waals surface area (Å²) >= 11 is -0.363. The van der Waals surface area contributed by atoms with Crippen molar-refractivity contribution in [1.29, 1.82) is 0 Å². The molecule has 0 aromatic heterocycles. The summed E-state index contributed by atoms with van der Waals surface area (Å²) in [5.41, 5.74) is 0. The summed E-state index contributed by atoms with van der Waals surface area (Å²) in [7, 11) is 8.68. The second kappa shape index (κ2) is 8.83. The SMILES string of the molecule is [Ru].[S]=[Mo]=[S]. The van der Waals surface area contributed by atoms with E-state index in [-0.39, 0.29) is 34.4 Å². The van der Waals surface area contributed by atoms with E-state index in [2.05, 4.69) is 19.6 Å². The van der Waals surface area contributed by atoms with Gasteiger partial charge in [-0.3, -0.25) is 0 Å². The van der Waals surface area contributed by atoms with Crippen LogP contribution in [-0.4, -0.2) is 0 Å². The van der Waals surface area contributed by atoms with E-state index in [0.717, 1.165) is 0 Å². The van der Waals surface area contributed by atoms with E-state index in [1.54, 1.807) is 0 Å². The van der Waals surface area contributed by atoms with E-state index >= 15 is 0 Å². The Bertz CT molecular complexity index is 27.0. The first-order chi connectivity index (χ1) is 1.41. The Morgan fingerprint density at radius 3 is 1.25 bits per heavy atom. The molecule has 4 heteroatoms. The van der Waals surface area contributed by atoms with Gasteiger partial charge in [0.05, 0.1) is 0 Å². The molecule has 0 fully saturated rings. The van der Waals surface area contributed by atoms with Crippen molar-refractivity contribution >= 4 is 19.6 Å². The van der Waals surface area contributed by atoms with Crippen molar-refractivity contribution in [3.05, 3.63) is 0 Å². The molecule has 0 aliphatic carbocycles. The van der Waals surface area contributed by atoms with Gasteiger partial charge in [-0.05, 0) is 0 Å². The van der Waals surface area contributed by atoms with E-state index < -0.39 is 0 Å². The number of hydrogen-bond donors (Lipinski definition) is 0. The molecule has 0 aromatic rings. The Morgan fingerprint density at radius 2 is 1.25 bits per heavy atom. The summed E-state index contributed by atoms with van der Waals surface area (Å²) in [5, 5.41) is 0. The van der Waals surface area contributed by atoms with Crippen molar-refractivity contribution in [3.63, 3.8) is 0 Å². The molecule has 0 rings (SSSR count). The van der Waals surface area contributed by atoms with Crippen molar-refractivity contribution in [2.75, 3.05) is 0 Å². The van der Waals surface area contributed by atoms with Gasteiger partial charge in [0.15, 0.2) is 0 Å². The fourth-order valence-electron chi connectivity index (χ4n) is 0. The Morgan fingerprint density at radius 1 is 1.25 bits per heavy atom. The standard InChI is InChI=1S/Mo.Ru.2S. The molecule has 0 N–H and O–H groups in total. The van der Waals surface area contributed by atoms with Gasteiger partial charge in [-0.1, -0.05) is 0 Å². The van der Waals surface area contributed by atoms with Gasteiger partial charge in [0.1, 0.15) is 0 Å². The molecule has 0 radical (unpaired) electrons. The maximum atomic E-state index is 4.34. The first-order valence-corrected chi connectivity index (χ1v) is 5.92. The van der Waals surface area contributed by atoms with Gasteiger partial charge in [-0.15, -0.1) is 0 Å². The molecular weight excluding hydrogens is 261 g/mol. The third kappa shape index (κ3) is 9.26. The van der Waals surface area contributed by atoms with Gasteiger partial charge in [0, 0.05) is 19.5 Å². The van der Waals surface area contributed by atoms with Crippen LogP contribution in [0.15, 0.2) is 0 Å². The summed E-state index contributed by atoms with van der Waals surface area (Å²) in [4.78, 5) is 0. The molecule has 0 aliphatic heterocycles. The molecule has 0 saturated heterocycles. The molecule has 0 saturated carbocycles. The van der Waals surface area contributed by atoms with Gasteiger partial charge >= 0.3 is 34.6 Å². The van der Waals surface area contributed by atoms with E-state index in [0.29, 0.717) is 0 Å². The molecular formula is MoRuS2. The normalized spacial score (nSPS) is 3.00. The Labute approximate surface area is 53.5 Å². The molecule has 0 nitrogen and oxygen atoms in total. The van der Waals surface area contributed by atoms with Gasteiger partial charge in [-0.2, -0.15) is 0 Å². The van der Waals surface area contributed by atoms with Crippen molar-refractivity contribution in [1.82, 2.24) is 0 Å². The second-order valence-corrected chi connectivity index (χ2v) is 3.62. The van der Waals surface area contributed by atoms with Gasteiger partial charge < -0.3 is 0 Å². The average molecular weight is 261 g/mol.